The highest BCUT2D eigenvalue weighted by Gasteiger charge is 2.25. The lowest BCUT2D eigenvalue weighted by Gasteiger charge is -2.23. The summed E-state index contributed by atoms with van der Waals surface area (Å²) < 4.78 is 10.3. The van der Waals surface area contributed by atoms with E-state index in [1.807, 2.05) is 30.3 Å². The number of rotatable bonds is 9. The predicted molar refractivity (Wildman–Crippen MR) is 107 cm³/mol. The predicted octanol–water partition coefficient (Wildman–Crippen LogP) is 2.61. The largest absolute Gasteiger partial charge is 0.445 e. The Labute approximate surface area is 171 Å². The first-order valence-corrected chi connectivity index (χ1v) is 9.38. The summed E-state index contributed by atoms with van der Waals surface area (Å²) >= 11 is 0. The van der Waals surface area contributed by atoms with E-state index < -0.39 is 29.7 Å². The number of benzene rings is 1. The zero-order chi connectivity index (χ0) is 21.9. The van der Waals surface area contributed by atoms with Gasteiger partial charge >= 0.3 is 12.2 Å². The summed E-state index contributed by atoms with van der Waals surface area (Å²) in [7, 11) is 2.80. The number of nitrogens with zero attached hydrogens (tertiary/aromatic N) is 1. The van der Waals surface area contributed by atoms with Crippen molar-refractivity contribution in [3.05, 3.63) is 35.9 Å². The SMILES string of the molecule is CON(C)C(=O)[C@H](CCCNC(=O)OC(C)(C)C)NC(=O)OCc1ccccc1. The zero-order valence-electron chi connectivity index (χ0n) is 17.7. The number of alkyl carbamates (subject to hydrolysis) is 2. The maximum absolute atomic E-state index is 12.4. The fourth-order valence-electron chi connectivity index (χ4n) is 2.28. The second-order valence-corrected chi connectivity index (χ2v) is 7.35. The molecule has 1 aromatic rings. The molecular weight excluding hydrogens is 378 g/mol. The number of amides is 3. The number of nitrogens with one attached hydrogen (secondary N) is 2. The van der Waals surface area contributed by atoms with E-state index in [1.54, 1.807) is 20.8 Å². The van der Waals surface area contributed by atoms with E-state index >= 15 is 0 Å². The smallest absolute Gasteiger partial charge is 0.408 e. The molecule has 0 fully saturated rings. The van der Waals surface area contributed by atoms with Crippen molar-refractivity contribution in [1.82, 2.24) is 15.7 Å². The van der Waals surface area contributed by atoms with Gasteiger partial charge < -0.3 is 20.1 Å². The second-order valence-electron chi connectivity index (χ2n) is 7.35. The minimum absolute atomic E-state index is 0.0912. The van der Waals surface area contributed by atoms with Crippen LogP contribution in [0.4, 0.5) is 9.59 Å². The molecule has 1 rings (SSSR count). The number of hydrogen-bond acceptors (Lipinski definition) is 6. The Kier molecular flexibility index (Phi) is 9.94. The van der Waals surface area contributed by atoms with Gasteiger partial charge in [0.1, 0.15) is 18.2 Å². The number of hydrogen-bond donors (Lipinski definition) is 2. The Bertz CT molecular complexity index is 660. The van der Waals surface area contributed by atoms with Gasteiger partial charge in [-0.1, -0.05) is 30.3 Å². The highest BCUT2D eigenvalue weighted by Crippen LogP contribution is 2.07. The molecule has 0 aliphatic carbocycles. The van der Waals surface area contributed by atoms with Crippen LogP contribution in [0, 0.1) is 0 Å². The van der Waals surface area contributed by atoms with Crippen molar-refractivity contribution in [2.24, 2.45) is 0 Å². The molecule has 0 radical (unpaired) electrons. The molecule has 9 heteroatoms. The third-order valence-electron chi connectivity index (χ3n) is 3.72. The minimum atomic E-state index is -0.858. The van der Waals surface area contributed by atoms with Crippen LogP contribution in [0.2, 0.25) is 0 Å². The molecule has 162 valence electrons. The molecular formula is C20H31N3O6. The fourth-order valence-corrected chi connectivity index (χ4v) is 2.28. The molecule has 2 N–H and O–H groups in total. The van der Waals surface area contributed by atoms with Crippen LogP contribution >= 0.6 is 0 Å². The Hall–Kier alpha value is -2.81. The van der Waals surface area contributed by atoms with Crippen molar-refractivity contribution in [2.45, 2.75) is 51.9 Å². The van der Waals surface area contributed by atoms with Crippen LogP contribution in [0.3, 0.4) is 0 Å². The summed E-state index contributed by atoms with van der Waals surface area (Å²) in [6, 6.07) is 8.35. The van der Waals surface area contributed by atoms with Crippen molar-refractivity contribution in [3.63, 3.8) is 0 Å². The van der Waals surface area contributed by atoms with Gasteiger partial charge in [0.2, 0.25) is 0 Å². The highest BCUT2D eigenvalue weighted by molar-refractivity contribution is 5.84. The minimum Gasteiger partial charge on any atom is -0.445 e. The van der Waals surface area contributed by atoms with Crippen LogP contribution in [-0.4, -0.2) is 55.5 Å². The van der Waals surface area contributed by atoms with Crippen molar-refractivity contribution in [2.75, 3.05) is 20.7 Å². The van der Waals surface area contributed by atoms with E-state index in [1.165, 1.54) is 14.2 Å². The van der Waals surface area contributed by atoms with E-state index in [0.717, 1.165) is 10.6 Å². The molecule has 0 spiro atoms. The molecule has 0 bridgehead atoms. The van der Waals surface area contributed by atoms with Gasteiger partial charge in [0.25, 0.3) is 5.91 Å². The lowest BCUT2D eigenvalue weighted by atomic mass is 10.1. The number of hydroxylamine groups is 2. The summed E-state index contributed by atoms with van der Waals surface area (Å²) in [6.45, 7) is 5.69. The van der Waals surface area contributed by atoms with E-state index in [-0.39, 0.29) is 19.6 Å². The van der Waals surface area contributed by atoms with Crippen LogP contribution in [-0.2, 0) is 25.7 Å². The molecule has 3 amide bonds. The maximum atomic E-state index is 12.4. The van der Waals surface area contributed by atoms with Gasteiger partial charge in [-0.15, -0.1) is 0 Å². The lowest BCUT2D eigenvalue weighted by Crippen LogP contribution is -2.47. The molecule has 0 aliphatic rings. The first-order valence-electron chi connectivity index (χ1n) is 9.38. The van der Waals surface area contributed by atoms with E-state index in [4.69, 9.17) is 14.3 Å². The van der Waals surface area contributed by atoms with E-state index in [0.29, 0.717) is 6.42 Å². The topological polar surface area (TPSA) is 106 Å². The monoisotopic (exact) mass is 409 g/mol. The van der Waals surface area contributed by atoms with Gasteiger partial charge in [0.05, 0.1) is 7.11 Å². The van der Waals surface area contributed by atoms with Crippen molar-refractivity contribution >= 4 is 18.1 Å². The fraction of sp³-hybridized carbons (Fsp3) is 0.550. The number of likely N-dealkylation sites (N-methyl/N-ethyl adjacent to an activating group) is 1. The molecule has 0 aliphatic heterocycles. The van der Waals surface area contributed by atoms with E-state index in [2.05, 4.69) is 10.6 Å². The Morgan fingerprint density at radius 1 is 1.10 bits per heavy atom. The molecule has 0 unspecified atom stereocenters. The molecule has 0 saturated carbocycles. The van der Waals surface area contributed by atoms with Gasteiger partial charge in [-0.2, -0.15) is 0 Å². The van der Waals surface area contributed by atoms with E-state index in [9.17, 15) is 14.4 Å². The molecule has 1 aromatic carbocycles. The number of carbonyl (C=O) groups is 3. The standard InChI is InChI=1S/C20H31N3O6/c1-20(2,3)29-18(25)21-13-9-12-16(17(24)23(4)27-5)22-19(26)28-14-15-10-7-6-8-11-15/h6-8,10-11,16H,9,12-14H2,1-5H3,(H,21,25)(H,22,26)/t16-/m0/s1. The first-order chi connectivity index (χ1) is 13.6. The maximum Gasteiger partial charge on any atom is 0.408 e. The van der Waals surface area contributed by atoms with Crippen molar-refractivity contribution < 1.29 is 28.7 Å². The summed E-state index contributed by atoms with van der Waals surface area (Å²) in [6.07, 6.45) is -0.531. The molecule has 0 aromatic heterocycles. The lowest BCUT2D eigenvalue weighted by molar-refractivity contribution is -0.171. The molecule has 0 saturated heterocycles. The van der Waals surface area contributed by atoms with Crippen LogP contribution < -0.4 is 10.6 Å². The summed E-state index contributed by atoms with van der Waals surface area (Å²) in [5, 5.41) is 6.20. The number of carbonyl (C=O) groups excluding carboxylic acids is 3. The zero-order valence-corrected chi connectivity index (χ0v) is 17.7. The van der Waals surface area contributed by atoms with Crippen LogP contribution in [0.25, 0.3) is 0 Å². The van der Waals surface area contributed by atoms with Gasteiger partial charge in [-0.05, 0) is 39.2 Å². The number of ether oxygens (including phenoxy) is 2. The molecule has 0 heterocycles. The quantitative estimate of drug-likeness (QED) is 0.480. The third-order valence-corrected chi connectivity index (χ3v) is 3.72. The Morgan fingerprint density at radius 2 is 1.76 bits per heavy atom. The molecule has 9 nitrogen and oxygen atoms in total. The summed E-state index contributed by atoms with van der Waals surface area (Å²) in [4.78, 5) is 41.1. The van der Waals surface area contributed by atoms with Gasteiger partial charge in [-0.25, -0.2) is 14.7 Å². The van der Waals surface area contributed by atoms with Crippen LogP contribution in [0.1, 0.15) is 39.2 Å². The van der Waals surface area contributed by atoms with Crippen molar-refractivity contribution in [1.29, 1.82) is 0 Å². The average Bonchev–Trinajstić information content (AvgIpc) is 2.67. The summed E-state index contributed by atoms with van der Waals surface area (Å²) in [5.74, 6) is -0.429. The third kappa shape index (κ3) is 10.3. The Morgan fingerprint density at radius 3 is 2.34 bits per heavy atom. The van der Waals surface area contributed by atoms with Crippen LogP contribution in [0.5, 0.6) is 0 Å². The molecule has 29 heavy (non-hydrogen) atoms. The normalized spacial score (nSPS) is 11.9. The second kappa shape index (κ2) is 11.9. The van der Waals surface area contributed by atoms with Gasteiger partial charge in [0.15, 0.2) is 0 Å². The van der Waals surface area contributed by atoms with Gasteiger partial charge in [-0.3, -0.25) is 9.63 Å². The first kappa shape index (κ1) is 24.2. The highest BCUT2D eigenvalue weighted by atomic mass is 16.7. The average molecular weight is 409 g/mol. The van der Waals surface area contributed by atoms with Crippen LogP contribution in [0.15, 0.2) is 30.3 Å². The molecule has 1 atom stereocenters. The summed E-state index contributed by atoms with van der Waals surface area (Å²) in [5.41, 5.74) is 0.245. The van der Waals surface area contributed by atoms with Crippen molar-refractivity contribution in [3.8, 4) is 0 Å². The Balaban J connectivity index is 2.52. The van der Waals surface area contributed by atoms with Gasteiger partial charge in [0, 0.05) is 13.6 Å².